The van der Waals surface area contributed by atoms with Crippen LogP contribution in [0.3, 0.4) is 0 Å². The second-order valence-electron chi connectivity index (χ2n) is 5.68. The van der Waals surface area contributed by atoms with Gasteiger partial charge in [-0.15, -0.1) is 0 Å². The molecule has 7 nitrogen and oxygen atoms in total. The number of hydrogen-bond acceptors (Lipinski definition) is 5. The predicted molar refractivity (Wildman–Crippen MR) is 87.4 cm³/mol. The van der Waals surface area contributed by atoms with Gasteiger partial charge in [-0.25, -0.2) is 12.7 Å². The standard InChI is InChI=1S/C15H22N2O5S/c1-15(8-5-9-17(2)23(15,19)20)14(18)16-11-6-7-12(21-3)13(10-11)22-4/h6-7,10H,5,8-9H2,1-4H3,(H,16,18)/t15-/m1/s1. The Morgan fingerprint density at radius 2 is 1.91 bits per heavy atom. The lowest BCUT2D eigenvalue weighted by Crippen LogP contribution is -2.56. The minimum absolute atomic E-state index is 0.290. The van der Waals surface area contributed by atoms with Gasteiger partial charge in [-0.1, -0.05) is 0 Å². The van der Waals surface area contributed by atoms with Crippen LogP contribution >= 0.6 is 0 Å². The molecule has 1 heterocycles. The molecule has 1 aromatic rings. The largest absolute Gasteiger partial charge is 0.493 e. The molecular formula is C15H22N2O5S. The first-order valence-electron chi connectivity index (χ1n) is 7.25. The van der Waals surface area contributed by atoms with Crippen LogP contribution in [0.15, 0.2) is 18.2 Å². The van der Waals surface area contributed by atoms with E-state index in [0.29, 0.717) is 36.6 Å². The number of amides is 1. The van der Waals surface area contributed by atoms with Crippen molar-refractivity contribution in [3.63, 3.8) is 0 Å². The van der Waals surface area contributed by atoms with Crippen molar-refractivity contribution in [3.8, 4) is 11.5 Å². The summed E-state index contributed by atoms with van der Waals surface area (Å²) in [5.41, 5.74) is 0.456. The highest BCUT2D eigenvalue weighted by atomic mass is 32.2. The monoisotopic (exact) mass is 342 g/mol. The number of carbonyl (C=O) groups excluding carboxylic acids is 1. The molecule has 1 N–H and O–H groups in total. The fourth-order valence-corrected chi connectivity index (χ4v) is 4.39. The molecule has 0 spiro atoms. The maximum absolute atomic E-state index is 12.6. The zero-order valence-corrected chi connectivity index (χ0v) is 14.6. The molecule has 0 radical (unpaired) electrons. The second-order valence-corrected chi connectivity index (χ2v) is 8.16. The molecular weight excluding hydrogens is 320 g/mol. The van der Waals surface area contributed by atoms with E-state index in [4.69, 9.17) is 9.47 Å². The number of nitrogens with one attached hydrogen (secondary N) is 1. The number of rotatable bonds is 4. The van der Waals surface area contributed by atoms with Crippen molar-refractivity contribution in [2.75, 3.05) is 33.1 Å². The molecule has 23 heavy (non-hydrogen) atoms. The van der Waals surface area contributed by atoms with Crippen molar-refractivity contribution in [2.45, 2.75) is 24.5 Å². The molecule has 1 aliphatic heterocycles. The molecule has 0 saturated carbocycles. The van der Waals surface area contributed by atoms with Crippen molar-refractivity contribution in [1.29, 1.82) is 0 Å². The van der Waals surface area contributed by atoms with Crippen LogP contribution in [-0.4, -0.2) is 51.2 Å². The molecule has 1 saturated heterocycles. The Balaban J connectivity index is 2.28. The average molecular weight is 342 g/mol. The Morgan fingerprint density at radius 3 is 2.52 bits per heavy atom. The lowest BCUT2D eigenvalue weighted by Gasteiger charge is -2.36. The van der Waals surface area contributed by atoms with Crippen LogP contribution in [-0.2, 0) is 14.8 Å². The molecule has 0 aliphatic carbocycles. The van der Waals surface area contributed by atoms with E-state index in [0.717, 1.165) is 0 Å². The van der Waals surface area contributed by atoms with Crippen LogP contribution in [0.2, 0.25) is 0 Å². The van der Waals surface area contributed by atoms with E-state index in [1.165, 1.54) is 32.5 Å². The number of hydrogen-bond donors (Lipinski definition) is 1. The summed E-state index contributed by atoms with van der Waals surface area (Å²) in [5.74, 6) is 0.442. The summed E-state index contributed by atoms with van der Waals surface area (Å²) in [7, 11) is 0.819. The minimum atomic E-state index is -3.68. The molecule has 8 heteroatoms. The van der Waals surface area contributed by atoms with Gasteiger partial charge in [0.25, 0.3) is 0 Å². The van der Waals surface area contributed by atoms with E-state index >= 15 is 0 Å². The first-order valence-corrected chi connectivity index (χ1v) is 8.69. The van der Waals surface area contributed by atoms with Gasteiger partial charge in [0.05, 0.1) is 14.2 Å². The molecule has 0 bridgehead atoms. The summed E-state index contributed by atoms with van der Waals surface area (Å²) < 4.78 is 35.1. The van der Waals surface area contributed by atoms with Crippen molar-refractivity contribution >= 4 is 21.6 Å². The van der Waals surface area contributed by atoms with Gasteiger partial charge in [0, 0.05) is 25.3 Å². The third kappa shape index (κ3) is 3.00. The average Bonchev–Trinajstić information content (AvgIpc) is 2.52. The minimum Gasteiger partial charge on any atom is -0.493 e. The van der Waals surface area contributed by atoms with Crippen LogP contribution in [0.5, 0.6) is 11.5 Å². The smallest absolute Gasteiger partial charge is 0.246 e. The van der Waals surface area contributed by atoms with Crippen LogP contribution in [0, 0.1) is 0 Å². The van der Waals surface area contributed by atoms with Gasteiger partial charge in [-0.05, 0) is 31.9 Å². The van der Waals surface area contributed by atoms with Gasteiger partial charge < -0.3 is 14.8 Å². The van der Waals surface area contributed by atoms with Gasteiger partial charge in [0.1, 0.15) is 0 Å². The molecule has 1 atom stereocenters. The Kier molecular flexibility index (Phi) is 4.86. The van der Waals surface area contributed by atoms with Crippen LogP contribution in [0.4, 0.5) is 5.69 Å². The second kappa shape index (κ2) is 6.37. The van der Waals surface area contributed by atoms with E-state index in [1.807, 2.05) is 0 Å². The van der Waals surface area contributed by atoms with Gasteiger partial charge in [-0.2, -0.15) is 0 Å². The van der Waals surface area contributed by atoms with E-state index in [1.54, 1.807) is 18.2 Å². The summed E-state index contributed by atoms with van der Waals surface area (Å²) >= 11 is 0. The predicted octanol–water partition coefficient (Wildman–Crippen LogP) is 1.46. The van der Waals surface area contributed by atoms with Crippen LogP contribution in [0.1, 0.15) is 19.8 Å². The summed E-state index contributed by atoms with van der Waals surface area (Å²) in [6.45, 7) is 1.90. The van der Waals surface area contributed by atoms with E-state index in [9.17, 15) is 13.2 Å². The van der Waals surface area contributed by atoms with Gasteiger partial charge in [0.2, 0.25) is 15.9 Å². The van der Waals surface area contributed by atoms with E-state index < -0.39 is 20.7 Å². The quantitative estimate of drug-likeness (QED) is 0.895. The lowest BCUT2D eigenvalue weighted by atomic mass is 10.0. The number of anilines is 1. The van der Waals surface area contributed by atoms with E-state index in [2.05, 4.69) is 5.32 Å². The van der Waals surface area contributed by atoms with Crippen molar-refractivity contribution in [1.82, 2.24) is 4.31 Å². The first-order chi connectivity index (χ1) is 10.8. The third-order valence-electron chi connectivity index (χ3n) is 4.23. The Hall–Kier alpha value is -1.80. The molecule has 1 fully saturated rings. The van der Waals surface area contributed by atoms with Crippen LogP contribution < -0.4 is 14.8 Å². The number of nitrogens with zero attached hydrogens (tertiary/aromatic N) is 1. The van der Waals surface area contributed by atoms with Crippen molar-refractivity contribution < 1.29 is 22.7 Å². The summed E-state index contributed by atoms with van der Waals surface area (Å²) in [5, 5.41) is 2.67. The fraction of sp³-hybridized carbons (Fsp3) is 0.533. The number of methoxy groups -OCH3 is 2. The first kappa shape index (κ1) is 17.6. The maximum Gasteiger partial charge on any atom is 0.246 e. The van der Waals surface area contributed by atoms with Gasteiger partial charge in [0.15, 0.2) is 16.2 Å². The number of carbonyl (C=O) groups is 1. The van der Waals surface area contributed by atoms with Crippen molar-refractivity contribution in [2.24, 2.45) is 0 Å². The van der Waals surface area contributed by atoms with Crippen LogP contribution in [0.25, 0.3) is 0 Å². The topological polar surface area (TPSA) is 84.9 Å². The highest BCUT2D eigenvalue weighted by Gasteiger charge is 2.50. The Labute approximate surface area is 136 Å². The third-order valence-corrected chi connectivity index (χ3v) is 6.76. The normalized spacial score (nSPS) is 24.0. The zero-order valence-electron chi connectivity index (χ0n) is 13.8. The van der Waals surface area contributed by atoms with Gasteiger partial charge in [-0.3, -0.25) is 4.79 Å². The summed E-state index contributed by atoms with van der Waals surface area (Å²) in [6, 6.07) is 4.89. The van der Waals surface area contributed by atoms with E-state index in [-0.39, 0.29) is 0 Å². The number of benzene rings is 1. The highest BCUT2D eigenvalue weighted by Crippen LogP contribution is 2.34. The highest BCUT2D eigenvalue weighted by molar-refractivity contribution is 7.91. The molecule has 2 rings (SSSR count). The molecule has 1 aliphatic rings. The fourth-order valence-electron chi connectivity index (χ4n) is 2.64. The molecule has 0 unspecified atom stereocenters. The summed E-state index contributed by atoms with van der Waals surface area (Å²) in [6.07, 6.45) is 0.935. The SMILES string of the molecule is COc1ccc(NC(=O)[C@@]2(C)CCCN(C)S2(=O)=O)cc1OC. The molecule has 128 valence electrons. The van der Waals surface area contributed by atoms with Crippen molar-refractivity contribution in [3.05, 3.63) is 18.2 Å². The lowest BCUT2D eigenvalue weighted by molar-refractivity contribution is -0.118. The summed E-state index contributed by atoms with van der Waals surface area (Å²) in [4.78, 5) is 12.6. The molecule has 0 aromatic heterocycles. The van der Waals surface area contributed by atoms with Gasteiger partial charge >= 0.3 is 0 Å². The Bertz CT molecular complexity index is 704. The number of ether oxygens (including phenoxy) is 2. The molecule has 1 amide bonds. The number of sulfonamides is 1. The zero-order chi connectivity index (χ0) is 17.3. The Morgan fingerprint density at radius 1 is 1.26 bits per heavy atom. The maximum atomic E-state index is 12.6. The molecule has 1 aromatic carbocycles.